The fraction of sp³-hybridized carbons (Fsp3) is 0.667. The van der Waals surface area contributed by atoms with Crippen LogP contribution in [0.3, 0.4) is 0 Å². The number of hydrogen-bond donors (Lipinski definition) is 0. The molecule has 0 saturated carbocycles. The Morgan fingerprint density at radius 2 is 1.90 bits per heavy atom. The van der Waals surface area contributed by atoms with Crippen LogP contribution in [0.2, 0.25) is 0 Å². The van der Waals surface area contributed by atoms with Crippen LogP contribution in [0.25, 0.3) is 0 Å². The molecule has 2 heterocycles. The Labute approximate surface area is 119 Å². The van der Waals surface area contributed by atoms with Crippen molar-refractivity contribution in [3.05, 3.63) is 28.2 Å². The zero-order chi connectivity index (χ0) is 15.1. The summed E-state index contributed by atoms with van der Waals surface area (Å²) in [5.41, 5.74) is 0.476. The summed E-state index contributed by atoms with van der Waals surface area (Å²) < 4.78 is 1.37. The lowest BCUT2D eigenvalue weighted by Gasteiger charge is -2.22. The lowest BCUT2D eigenvalue weighted by Crippen LogP contribution is -2.37. The van der Waals surface area contributed by atoms with E-state index in [4.69, 9.17) is 0 Å². The topological polar surface area (TPSA) is 55.2 Å². The average molecular weight is 277 g/mol. The van der Waals surface area contributed by atoms with Gasteiger partial charge >= 0.3 is 0 Å². The van der Waals surface area contributed by atoms with Gasteiger partial charge < -0.3 is 4.90 Å². The summed E-state index contributed by atoms with van der Waals surface area (Å²) in [6.45, 7) is 10.8. The molecule has 20 heavy (non-hydrogen) atoms. The third-order valence-electron chi connectivity index (χ3n) is 3.72. The summed E-state index contributed by atoms with van der Waals surface area (Å²) in [6, 6.07) is 2.97. The second-order valence-electron chi connectivity index (χ2n) is 6.68. The Hall–Kier alpha value is -1.65. The SMILES string of the molecule is CC(C)N1CC[C@H](n2nc(C(C)(C)C)ccc2=O)C1=O. The van der Waals surface area contributed by atoms with Crippen molar-refractivity contribution in [3.8, 4) is 0 Å². The second kappa shape index (κ2) is 5.04. The van der Waals surface area contributed by atoms with Crippen LogP contribution in [0.15, 0.2) is 16.9 Å². The van der Waals surface area contributed by atoms with E-state index < -0.39 is 6.04 Å². The number of likely N-dealkylation sites (tertiary alicyclic amines) is 1. The minimum atomic E-state index is -0.452. The molecular formula is C15H23N3O2. The largest absolute Gasteiger partial charge is 0.338 e. The van der Waals surface area contributed by atoms with Gasteiger partial charge in [-0.3, -0.25) is 9.59 Å². The third kappa shape index (κ3) is 2.62. The van der Waals surface area contributed by atoms with Crippen molar-refractivity contribution in [1.29, 1.82) is 0 Å². The Morgan fingerprint density at radius 3 is 2.40 bits per heavy atom. The number of hydrogen-bond acceptors (Lipinski definition) is 3. The average Bonchev–Trinajstić information content (AvgIpc) is 2.70. The molecule has 0 aliphatic carbocycles. The zero-order valence-electron chi connectivity index (χ0n) is 12.9. The highest BCUT2D eigenvalue weighted by Crippen LogP contribution is 2.24. The third-order valence-corrected chi connectivity index (χ3v) is 3.72. The van der Waals surface area contributed by atoms with E-state index in [1.807, 2.05) is 39.5 Å². The van der Waals surface area contributed by atoms with Crippen molar-refractivity contribution in [2.75, 3.05) is 6.54 Å². The standard InChI is InChI=1S/C15H23N3O2/c1-10(2)17-9-8-11(14(17)20)18-13(19)7-6-12(16-18)15(3,4)5/h6-7,10-11H,8-9H2,1-5H3/t11-/m0/s1. The number of amides is 1. The number of rotatable bonds is 2. The van der Waals surface area contributed by atoms with E-state index in [0.717, 1.165) is 5.69 Å². The van der Waals surface area contributed by atoms with Gasteiger partial charge in [0.15, 0.2) is 0 Å². The van der Waals surface area contributed by atoms with Crippen molar-refractivity contribution in [2.45, 2.75) is 58.5 Å². The van der Waals surface area contributed by atoms with Crippen LogP contribution in [0.4, 0.5) is 0 Å². The summed E-state index contributed by atoms with van der Waals surface area (Å²) in [4.78, 5) is 26.2. The molecule has 5 nitrogen and oxygen atoms in total. The molecule has 1 aliphatic rings. The molecule has 1 atom stereocenters. The molecule has 0 unspecified atom stereocenters. The molecule has 0 aromatic carbocycles. The van der Waals surface area contributed by atoms with Crippen LogP contribution >= 0.6 is 0 Å². The maximum atomic E-state index is 12.4. The van der Waals surface area contributed by atoms with Gasteiger partial charge in [-0.2, -0.15) is 5.10 Å². The lowest BCUT2D eigenvalue weighted by molar-refractivity contribution is -0.132. The molecule has 2 rings (SSSR count). The summed E-state index contributed by atoms with van der Waals surface area (Å²) in [5.74, 6) is 0.000610. The van der Waals surface area contributed by atoms with Crippen LogP contribution in [0.5, 0.6) is 0 Å². The van der Waals surface area contributed by atoms with Crippen molar-refractivity contribution < 1.29 is 4.79 Å². The fourth-order valence-corrected chi connectivity index (χ4v) is 2.47. The van der Waals surface area contributed by atoms with Crippen LogP contribution in [0.1, 0.15) is 52.8 Å². The van der Waals surface area contributed by atoms with Crippen molar-refractivity contribution in [2.24, 2.45) is 0 Å². The van der Waals surface area contributed by atoms with E-state index in [9.17, 15) is 9.59 Å². The van der Waals surface area contributed by atoms with E-state index in [0.29, 0.717) is 13.0 Å². The molecular weight excluding hydrogens is 254 g/mol. The van der Waals surface area contributed by atoms with Crippen LogP contribution in [-0.4, -0.2) is 33.2 Å². The number of nitrogens with zero attached hydrogens (tertiary/aromatic N) is 3. The number of aromatic nitrogens is 2. The molecule has 1 aliphatic heterocycles. The molecule has 1 saturated heterocycles. The highest BCUT2D eigenvalue weighted by molar-refractivity contribution is 5.82. The van der Waals surface area contributed by atoms with Gasteiger partial charge in [0, 0.05) is 24.1 Å². The predicted octanol–water partition coefficient (Wildman–Crippen LogP) is 1.72. The molecule has 110 valence electrons. The van der Waals surface area contributed by atoms with E-state index in [1.54, 1.807) is 6.07 Å². The Morgan fingerprint density at radius 1 is 1.25 bits per heavy atom. The Kier molecular flexibility index (Phi) is 3.71. The molecule has 5 heteroatoms. The zero-order valence-corrected chi connectivity index (χ0v) is 12.9. The Bertz CT molecular complexity index is 569. The molecule has 1 aromatic heterocycles. The van der Waals surface area contributed by atoms with Gasteiger partial charge in [0.1, 0.15) is 6.04 Å². The second-order valence-corrected chi connectivity index (χ2v) is 6.68. The Balaban J connectivity index is 2.39. The molecule has 1 fully saturated rings. The van der Waals surface area contributed by atoms with Gasteiger partial charge in [0.05, 0.1) is 5.69 Å². The minimum Gasteiger partial charge on any atom is -0.338 e. The van der Waals surface area contributed by atoms with Crippen molar-refractivity contribution in [3.63, 3.8) is 0 Å². The van der Waals surface area contributed by atoms with Gasteiger partial charge in [0.2, 0.25) is 5.91 Å². The molecule has 1 amide bonds. The predicted molar refractivity (Wildman–Crippen MR) is 77.7 cm³/mol. The van der Waals surface area contributed by atoms with Crippen molar-refractivity contribution >= 4 is 5.91 Å². The van der Waals surface area contributed by atoms with E-state index in [-0.39, 0.29) is 22.9 Å². The van der Waals surface area contributed by atoms with E-state index >= 15 is 0 Å². The monoisotopic (exact) mass is 277 g/mol. The maximum Gasteiger partial charge on any atom is 0.267 e. The van der Waals surface area contributed by atoms with Crippen LogP contribution < -0.4 is 5.56 Å². The van der Waals surface area contributed by atoms with Crippen LogP contribution in [0, 0.1) is 0 Å². The highest BCUT2D eigenvalue weighted by Gasteiger charge is 2.35. The highest BCUT2D eigenvalue weighted by atomic mass is 16.2. The first-order chi connectivity index (χ1) is 9.21. The molecule has 1 aromatic rings. The van der Waals surface area contributed by atoms with Crippen LogP contribution in [-0.2, 0) is 10.2 Å². The summed E-state index contributed by atoms with van der Waals surface area (Å²) in [6.07, 6.45) is 0.650. The van der Waals surface area contributed by atoms with Gasteiger partial charge in [-0.15, -0.1) is 0 Å². The van der Waals surface area contributed by atoms with Gasteiger partial charge in [-0.1, -0.05) is 20.8 Å². The molecule has 0 radical (unpaired) electrons. The summed E-state index contributed by atoms with van der Waals surface area (Å²) in [7, 11) is 0. The number of carbonyl (C=O) groups is 1. The number of carbonyl (C=O) groups excluding carboxylic acids is 1. The van der Waals surface area contributed by atoms with Crippen molar-refractivity contribution in [1.82, 2.24) is 14.7 Å². The minimum absolute atomic E-state index is 0.000610. The van der Waals surface area contributed by atoms with E-state index in [1.165, 1.54) is 10.7 Å². The lowest BCUT2D eigenvalue weighted by atomic mass is 9.92. The molecule has 0 spiro atoms. The normalized spacial score (nSPS) is 20.0. The van der Waals surface area contributed by atoms with Gasteiger partial charge in [0.25, 0.3) is 5.56 Å². The first kappa shape index (κ1) is 14.8. The van der Waals surface area contributed by atoms with E-state index in [2.05, 4.69) is 5.10 Å². The molecule has 0 bridgehead atoms. The smallest absolute Gasteiger partial charge is 0.267 e. The summed E-state index contributed by atoms with van der Waals surface area (Å²) in [5, 5.41) is 4.43. The first-order valence-electron chi connectivity index (χ1n) is 7.12. The first-order valence-corrected chi connectivity index (χ1v) is 7.12. The van der Waals surface area contributed by atoms with Gasteiger partial charge in [-0.25, -0.2) is 4.68 Å². The quantitative estimate of drug-likeness (QED) is 0.827. The maximum absolute atomic E-state index is 12.4. The molecule has 0 N–H and O–H groups in total. The van der Waals surface area contributed by atoms with Gasteiger partial charge in [-0.05, 0) is 26.3 Å². The summed E-state index contributed by atoms with van der Waals surface area (Å²) >= 11 is 0. The fourth-order valence-electron chi connectivity index (χ4n) is 2.47.